The number of benzene rings is 1. The van der Waals surface area contributed by atoms with Crippen molar-refractivity contribution in [2.45, 2.75) is 0 Å². The normalized spacial score (nSPS) is 10.2. The number of nitrogens with zero attached hydrogens (tertiary/aromatic N) is 1. The van der Waals surface area contributed by atoms with E-state index in [1.165, 1.54) is 7.11 Å². The Morgan fingerprint density at radius 2 is 2.06 bits per heavy atom. The second kappa shape index (κ2) is 4.91. The summed E-state index contributed by atoms with van der Waals surface area (Å²) in [6.07, 6.45) is 0. The smallest absolute Gasteiger partial charge is 0.338 e. The summed E-state index contributed by atoms with van der Waals surface area (Å²) in [6, 6.07) is 7.03. The third-order valence-corrected chi connectivity index (χ3v) is 2.68. The fourth-order valence-corrected chi connectivity index (χ4v) is 1.74. The Labute approximate surface area is 105 Å². The molecular weight excluding hydrogens is 232 g/mol. The van der Waals surface area contributed by atoms with Crippen molar-refractivity contribution < 1.29 is 14.3 Å². The van der Waals surface area contributed by atoms with Gasteiger partial charge in [-0.1, -0.05) is 0 Å². The topological polar surface area (TPSA) is 60.5 Å². The molecule has 0 spiro atoms. The summed E-state index contributed by atoms with van der Waals surface area (Å²) < 4.78 is 9.92. The van der Waals surface area contributed by atoms with Crippen LogP contribution in [0.25, 0.3) is 10.9 Å². The summed E-state index contributed by atoms with van der Waals surface area (Å²) in [4.78, 5) is 16.1. The Bertz CT molecular complexity index is 591. The SMILES string of the molecule is CNc1cc(C(=O)OC)c2ccc(OC)cc2n1. The first-order valence-corrected chi connectivity index (χ1v) is 5.44. The molecular formula is C13H14N2O3. The quantitative estimate of drug-likeness (QED) is 0.840. The minimum Gasteiger partial charge on any atom is -0.497 e. The van der Waals surface area contributed by atoms with E-state index in [1.54, 1.807) is 38.4 Å². The summed E-state index contributed by atoms with van der Waals surface area (Å²) in [5.41, 5.74) is 1.16. The van der Waals surface area contributed by atoms with Gasteiger partial charge < -0.3 is 14.8 Å². The molecule has 0 radical (unpaired) electrons. The molecule has 2 rings (SSSR count). The van der Waals surface area contributed by atoms with E-state index in [0.29, 0.717) is 22.6 Å². The number of ether oxygens (including phenoxy) is 2. The van der Waals surface area contributed by atoms with E-state index >= 15 is 0 Å². The fourth-order valence-electron chi connectivity index (χ4n) is 1.74. The van der Waals surface area contributed by atoms with Crippen LogP contribution in [0.4, 0.5) is 5.82 Å². The molecule has 0 atom stereocenters. The van der Waals surface area contributed by atoms with Crippen molar-refractivity contribution >= 4 is 22.7 Å². The van der Waals surface area contributed by atoms with E-state index in [9.17, 15) is 4.79 Å². The van der Waals surface area contributed by atoms with Gasteiger partial charge in [-0.05, 0) is 18.2 Å². The van der Waals surface area contributed by atoms with E-state index in [0.717, 1.165) is 5.39 Å². The predicted octanol–water partition coefficient (Wildman–Crippen LogP) is 2.07. The van der Waals surface area contributed by atoms with Crippen molar-refractivity contribution in [3.63, 3.8) is 0 Å². The third-order valence-electron chi connectivity index (χ3n) is 2.68. The molecule has 0 aliphatic rings. The molecule has 1 N–H and O–H groups in total. The number of pyridine rings is 1. The molecule has 0 unspecified atom stereocenters. The van der Waals surface area contributed by atoms with Gasteiger partial charge in [0.15, 0.2) is 0 Å². The van der Waals surface area contributed by atoms with Crippen LogP contribution in [-0.4, -0.2) is 32.2 Å². The lowest BCUT2D eigenvalue weighted by Crippen LogP contribution is -2.05. The Balaban J connectivity index is 2.71. The number of nitrogens with one attached hydrogen (secondary N) is 1. The van der Waals surface area contributed by atoms with Gasteiger partial charge in [0, 0.05) is 18.5 Å². The van der Waals surface area contributed by atoms with Gasteiger partial charge in [0.2, 0.25) is 0 Å². The van der Waals surface area contributed by atoms with Gasteiger partial charge in [0.05, 0.1) is 25.3 Å². The highest BCUT2D eigenvalue weighted by Crippen LogP contribution is 2.25. The summed E-state index contributed by atoms with van der Waals surface area (Å²) in [5.74, 6) is 0.916. The van der Waals surface area contributed by atoms with Crippen LogP contribution in [0.5, 0.6) is 5.75 Å². The lowest BCUT2D eigenvalue weighted by Gasteiger charge is -2.09. The first-order chi connectivity index (χ1) is 8.69. The number of carbonyl (C=O) groups excluding carboxylic acids is 1. The van der Waals surface area contributed by atoms with Crippen LogP contribution in [0.15, 0.2) is 24.3 Å². The van der Waals surface area contributed by atoms with Crippen LogP contribution in [-0.2, 0) is 4.74 Å². The summed E-state index contributed by atoms with van der Waals surface area (Å²) in [7, 11) is 4.69. The lowest BCUT2D eigenvalue weighted by molar-refractivity contribution is 0.0603. The molecule has 1 heterocycles. The van der Waals surface area contributed by atoms with Crippen molar-refractivity contribution in [2.24, 2.45) is 0 Å². The lowest BCUT2D eigenvalue weighted by atomic mass is 10.1. The zero-order valence-corrected chi connectivity index (χ0v) is 10.5. The molecule has 0 saturated heterocycles. The molecule has 0 aliphatic heterocycles. The molecule has 0 aliphatic carbocycles. The Hall–Kier alpha value is -2.30. The molecule has 0 amide bonds. The van der Waals surface area contributed by atoms with E-state index in [-0.39, 0.29) is 5.97 Å². The number of aromatic nitrogens is 1. The number of hydrogen-bond acceptors (Lipinski definition) is 5. The Morgan fingerprint density at radius 1 is 1.28 bits per heavy atom. The van der Waals surface area contributed by atoms with Gasteiger partial charge in [-0.3, -0.25) is 0 Å². The highest BCUT2D eigenvalue weighted by Gasteiger charge is 2.13. The van der Waals surface area contributed by atoms with E-state index in [4.69, 9.17) is 9.47 Å². The molecule has 1 aromatic carbocycles. The second-order valence-corrected chi connectivity index (χ2v) is 3.68. The van der Waals surface area contributed by atoms with Crippen molar-refractivity contribution in [1.82, 2.24) is 4.98 Å². The van der Waals surface area contributed by atoms with Gasteiger partial charge in [0.25, 0.3) is 0 Å². The zero-order valence-electron chi connectivity index (χ0n) is 10.5. The minimum atomic E-state index is -0.385. The number of carbonyl (C=O) groups is 1. The Kier molecular flexibility index (Phi) is 3.32. The predicted molar refractivity (Wildman–Crippen MR) is 69.2 cm³/mol. The van der Waals surface area contributed by atoms with Gasteiger partial charge in [0.1, 0.15) is 11.6 Å². The summed E-state index contributed by atoms with van der Waals surface area (Å²) in [6.45, 7) is 0. The molecule has 5 nitrogen and oxygen atoms in total. The third kappa shape index (κ3) is 2.07. The number of rotatable bonds is 3. The van der Waals surface area contributed by atoms with E-state index in [1.807, 2.05) is 0 Å². The Morgan fingerprint density at radius 3 is 2.67 bits per heavy atom. The summed E-state index contributed by atoms with van der Waals surface area (Å²) >= 11 is 0. The van der Waals surface area contributed by atoms with Crippen LogP contribution < -0.4 is 10.1 Å². The van der Waals surface area contributed by atoms with Crippen LogP contribution in [0.3, 0.4) is 0 Å². The van der Waals surface area contributed by atoms with E-state index < -0.39 is 0 Å². The molecule has 94 valence electrons. The largest absolute Gasteiger partial charge is 0.497 e. The first-order valence-electron chi connectivity index (χ1n) is 5.44. The molecule has 18 heavy (non-hydrogen) atoms. The number of methoxy groups -OCH3 is 2. The van der Waals surface area contributed by atoms with Gasteiger partial charge in [-0.25, -0.2) is 9.78 Å². The van der Waals surface area contributed by atoms with Crippen LogP contribution >= 0.6 is 0 Å². The van der Waals surface area contributed by atoms with Gasteiger partial charge in [-0.2, -0.15) is 0 Å². The van der Waals surface area contributed by atoms with Crippen molar-refractivity contribution in [1.29, 1.82) is 0 Å². The van der Waals surface area contributed by atoms with Gasteiger partial charge >= 0.3 is 5.97 Å². The highest BCUT2D eigenvalue weighted by molar-refractivity contribution is 6.04. The average Bonchev–Trinajstić information content (AvgIpc) is 2.44. The number of hydrogen-bond donors (Lipinski definition) is 1. The van der Waals surface area contributed by atoms with Crippen LogP contribution in [0.1, 0.15) is 10.4 Å². The molecule has 2 aromatic rings. The molecule has 1 aromatic heterocycles. The zero-order chi connectivity index (χ0) is 13.1. The number of fused-ring (bicyclic) bond motifs is 1. The maximum absolute atomic E-state index is 11.7. The number of anilines is 1. The molecule has 0 bridgehead atoms. The van der Waals surface area contributed by atoms with Crippen molar-refractivity contribution in [3.05, 3.63) is 29.8 Å². The van der Waals surface area contributed by atoms with Crippen molar-refractivity contribution in [2.75, 3.05) is 26.6 Å². The standard InChI is InChI=1S/C13H14N2O3/c1-14-12-7-10(13(16)18-3)9-5-4-8(17-2)6-11(9)15-12/h4-7H,1-3H3,(H,14,15). The van der Waals surface area contributed by atoms with Crippen molar-refractivity contribution in [3.8, 4) is 5.75 Å². The van der Waals surface area contributed by atoms with Crippen LogP contribution in [0.2, 0.25) is 0 Å². The number of esters is 1. The average molecular weight is 246 g/mol. The first kappa shape index (κ1) is 12.2. The molecule has 5 heteroatoms. The van der Waals surface area contributed by atoms with E-state index in [2.05, 4.69) is 10.3 Å². The second-order valence-electron chi connectivity index (χ2n) is 3.68. The fraction of sp³-hybridized carbons (Fsp3) is 0.231. The highest BCUT2D eigenvalue weighted by atomic mass is 16.5. The monoisotopic (exact) mass is 246 g/mol. The van der Waals surface area contributed by atoms with Crippen LogP contribution in [0, 0.1) is 0 Å². The maximum atomic E-state index is 11.7. The minimum absolute atomic E-state index is 0.385. The van der Waals surface area contributed by atoms with Gasteiger partial charge in [-0.15, -0.1) is 0 Å². The molecule has 0 fully saturated rings. The summed E-state index contributed by atoms with van der Waals surface area (Å²) in [5, 5.41) is 3.65. The maximum Gasteiger partial charge on any atom is 0.338 e. The molecule has 0 saturated carbocycles.